The van der Waals surface area contributed by atoms with Crippen molar-refractivity contribution in [2.45, 2.75) is 13.2 Å². The van der Waals surface area contributed by atoms with Crippen LogP contribution in [0.3, 0.4) is 0 Å². The Hall–Kier alpha value is -2.18. The molecule has 2 N–H and O–H groups in total. The summed E-state index contributed by atoms with van der Waals surface area (Å²) in [4.78, 5) is 17.3. The zero-order chi connectivity index (χ0) is 16.5. The van der Waals surface area contributed by atoms with Crippen molar-refractivity contribution in [2.75, 3.05) is 32.7 Å². The molecule has 1 aliphatic heterocycles. The van der Waals surface area contributed by atoms with Crippen LogP contribution in [0.15, 0.2) is 35.3 Å². The maximum atomic E-state index is 13.0. The number of alkyl halides is 1. The smallest absolute Gasteiger partial charge is 0.180 e. The predicted octanol–water partition coefficient (Wildman–Crippen LogP) is 1.86. The number of benzene rings is 1. The summed E-state index contributed by atoms with van der Waals surface area (Å²) in [5, 5.41) is 5.36. The molecule has 4 rings (SSSR count). The van der Waals surface area contributed by atoms with Gasteiger partial charge < -0.3 is 14.9 Å². The van der Waals surface area contributed by atoms with Gasteiger partial charge in [-0.05, 0) is 18.2 Å². The maximum Gasteiger partial charge on any atom is 0.180 e. The van der Waals surface area contributed by atoms with E-state index in [2.05, 4.69) is 19.8 Å². The largest absolute Gasteiger partial charge is 0.361 e. The molecule has 1 aliphatic rings. The molecule has 0 aliphatic carbocycles. The van der Waals surface area contributed by atoms with Gasteiger partial charge >= 0.3 is 0 Å². The van der Waals surface area contributed by atoms with Crippen LogP contribution in [0.25, 0.3) is 21.8 Å². The molecule has 24 heavy (non-hydrogen) atoms. The molecule has 0 unspecified atom stereocenters. The summed E-state index contributed by atoms with van der Waals surface area (Å²) in [6.45, 7) is 5.35. The number of aromatic nitrogens is 2. The van der Waals surface area contributed by atoms with Crippen molar-refractivity contribution in [1.82, 2.24) is 19.8 Å². The van der Waals surface area contributed by atoms with E-state index in [-0.39, 0.29) is 5.43 Å². The lowest BCUT2D eigenvalue weighted by molar-refractivity contribution is 0.234. The van der Waals surface area contributed by atoms with E-state index >= 15 is 0 Å². The van der Waals surface area contributed by atoms with E-state index in [1.54, 1.807) is 12.1 Å². The normalized spacial score (nSPS) is 16.2. The van der Waals surface area contributed by atoms with Crippen LogP contribution in [0.1, 0.15) is 5.69 Å². The number of piperazine rings is 1. The number of aromatic amines is 1. The summed E-state index contributed by atoms with van der Waals surface area (Å²) in [6, 6.07) is 6.96. The van der Waals surface area contributed by atoms with Crippen molar-refractivity contribution in [3.05, 3.63) is 46.4 Å². The molecule has 0 atom stereocenters. The highest BCUT2D eigenvalue weighted by atomic mass is 19.1. The van der Waals surface area contributed by atoms with Gasteiger partial charge in [0.25, 0.3) is 0 Å². The molecule has 1 aromatic carbocycles. The van der Waals surface area contributed by atoms with Gasteiger partial charge in [-0.25, -0.2) is 4.39 Å². The monoisotopic (exact) mass is 328 g/mol. The topological polar surface area (TPSA) is 53.1 Å². The van der Waals surface area contributed by atoms with Crippen molar-refractivity contribution in [3.8, 4) is 0 Å². The number of pyridine rings is 1. The summed E-state index contributed by atoms with van der Waals surface area (Å²) >= 11 is 0. The molecule has 0 spiro atoms. The van der Waals surface area contributed by atoms with Crippen molar-refractivity contribution in [2.24, 2.45) is 0 Å². The second-order valence-electron chi connectivity index (χ2n) is 6.31. The number of rotatable bonds is 4. The Balaban J connectivity index is 1.78. The number of fused-ring (bicyclic) bond motifs is 3. The van der Waals surface area contributed by atoms with Crippen molar-refractivity contribution in [1.29, 1.82) is 0 Å². The molecule has 0 saturated carbocycles. The van der Waals surface area contributed by atoms with E-state index in [0.29, 0.717) is 5.69 Å². The van der Waals surface area contributed by atoms with Gasteiger partial charge in [-0.15, -0.1) is 0 Å². The molecule has 1 saturated heterocycles. The number of nitrogens with one attached hydrogen (secondary N) is 2. The molecule has 3 heterocycles. The van der Waals surface area contributed by atoms with Crippen LogP contribution < -0.4 is 10.7 Å². The molecule has 5 nitrogen and oxygen atoms in total. The first kappa shape index (κ1) is 15.4. The van der Waals surface area contributed by atoms with E-state index in [1.165, 1.54) is 0 Å². The third kappa shape index (κ3) is 2.72. The molecule has 0 bridgehead atoms. The van der Waals surface area contributed by atoms with E-state index in [0.717, 1.165) is 61.1 Å². The number of H-pyrrole nitrogens is 1. The lowest BCUT2D eigenvalue weighted by Gasteiger charge is -2.27. The second-order valence-corrected chi connectivity index (χ2v) is 6.31. The quantitative estimate of drug-likeness (QED) is 0.769. The average Bonchev–Trinajstić information content (AvgIpc) is 2.92. The molecule has 1 fully saturated rings. The zero-order valence-corrected chi connectivity index (χ0v) is 13.5. The minimum absolute atomic E-state index is 0.00317. The number of halogens is 1. The first-order valence-electron chi connectivity index (χ1n) is 8.39. The van der Waals surface area contributed by atoms with Gasteiger partial charge in [0.05, 0.1) is 11.0 Å². The first-order chi connectivity index (χ1) is 11.8. The highest BCUT2D eigenvalue weighted by molar-refractivity contribution is 6.07. The fourth-order valence-corrected chi connectivity index (χ4v) is 3.55. The molecule has 3 aromatic rings. The third-order valence-corrected chi connectivity index (χ3v) is 4.82. The Morgan fingerprint density at radius 1 is 1.04 bits per heavy atom. The SMILES string of the molecule is O=c1ccc2c3cc(CF)[nH]cc3n(CCN3CCNCC3)c2c1. The van der Waals surface area contributed by atoms with E-state index < -0.39 is 6.67 Å². The Kier molecular flexibility index (Phi) is 4.08. The van der Waals surface area contributed by atoms with Gasteiger partial charge in [0, 0.05) is 68.0 Å². The summed E-state index contributed by atoms with van der Waals surface area (Å²) in [5.41, 5.74) is 2.50. The van der Waals surface area contributed by atoms with Crippen LogP contribution in [-0.4, -0.2) is 47.2 Å². The molecular formula is C18H21FN4O. The van der Waals surface area contributed by atoms with Crippen molar-refractivity contribution in [3.63, 3.8) is 0 Å². The molecule has 6 heteroatoms. The fourth-order valence-electron chi connectivity index (χ4n) is 3.55. The zero-order valence-electron chi connectivity index (χ0n) is 13.5. The number of hydrogen-bond donors (Lipinski definition) is 2. The molecular weight excluding hydrogens is 307 g/mol. The Morgan fingerprint density at radius 2 is 1.88 bits per heavy atom. The minimum atomic E-state index is -0.525. The van der Waals surface area contributed by atoms with Crippen molar-refractivity contribution >= 4 is 21.8 Å². The third-order valence-electron chi connectivity index (χ3n) is 4.82. The van der Waals surface area contributed by atoms with Gasteiger partial charge in [0.2, 0.25) is 0 Å². The molecule has 0 amide bonds. The summed E-state index contributed by atoms with van der Waals surface area (Å²) < 4.78 is 15.2. The summed E-state index contributed by atoms with van der Waals surface area (Å²) in [6.07, 6.45) is 1.85. The highest BCUT2D eigenvalue weighted by Crippen LogP contribution is 2.28. The average molecular weight is 328 g/mol. The molecule has 0 radical (unpaired) electrons. The molecule has 126 valence electrons. The minimum Gasteiger partial charge on any atom is -0.361 e. The maximum absolute atomic E-state index is 13.0. The Morgan fingerprint density at radius 3 is 2.67 bits per heavy atom. The first-order valence-corrected chi connectivity index (χ1v) is 8.39. The predicted molar refractivity (Wildman–Crippen MR) is 94.2 cm³/mol. The summed E-state index contributed by atoms with van der Waals surface area (Å²) in [7, 11) is 0. The van der Waals surface area contributed by atoms with Crippen molar-refractivity contribution < 1.29 is 4.39 Å². The van der Waals surface area contributed by atoms with E-state index in [1.807, 2.05) is 18.3 Å². The van der Waals surface area contributed by atoms with E-state index in [4.69, 9.17) is 0 Å². The lowest BCUT2D eigenvalue weighted by atomic mass is 10.1. The molecule has 2 aromatic heterocycles. The van der Waals surface area contributed by atoms with Crippen LogP contribution >= 0.6 is 0 Å². The number of hydrogen-bond acceptors (Lipinski definition) is 3. The Labute approximate surface area is 139 Å². The van der Waals surface area contributed by atoms with E-state index in [9.17, 15) is 9.18 Å². The Bertz CT molecular complexity index is 924. The van der Waals surface area contributed by atoms with Crippen LogP contribution in [0.4, 0.5) is 4.39 Å². The van der Waals surface area contributed by atoms with Gasteiger partial charge in [-0.2, -0.15) is 0 Å². The van der Waals surface area contributed by atoms with Gasteiger partial charge in [0.1, 0.15) is 6.67 Å². The lowest BCUT2D eigenvalue weighted by Crippen LogP contribution is -2.44. The standard InChI is InChI=1S/C18H21FN4O/c19-11-13-9-16-15-2-1-14(24)10-17(15)23(18(16)12-21-13)8-7-22-5-3-20-4-6-22/h1-2,9-10,12,20-21H,3-8,11H2. The second kappa shape index (κ2) is 6.37. The highest BCUT2D eigenvalue weighted by Gasteiger charge is 2.14. The fraction of sp³-hybridized carbons (Fsp3) is 0.389. The number of nitrogens with zero attached hydrogens (tertiary/aromatic N) is 2. The van der Waals surface area contributed by atoms with Gasteiger partial charge in [-0.1, -0.05) is 0 Å². The van der Waals surface area contributed by atoms with Crippen LogP contribution in [0.5, 0.6) is 0 Å². The summed E-state index contributed by atoms with van der Waals surface area (Å²) in [5.74, 6) is 0. The van der Waals surface area contributed by atoms with Crippen LogP contribution in [-0.2, 0) is 13.2 Å². The van der Waals surface area contributed by atoms with Gasteiger partial charge in [-0.3, -0.25) is 9.69 Å². The van der Waals surface area contributed by atoms with Crippen LogP contribution in [0, 0.1) is 0 Å². The van der Waals surface area contributed by atoms with Gasteiger partial charge in [0.15, 0.2) is 5.43 Å². The van der Waals surface area contributed by atoms with Crippen LogP contribution in [0.2, 0.25) is 0 Å².